The summed E-state index contributed by atoms with van der Waals surface area (Å²) in [6.45, 7) is 10.2. The van der Waals surface area contributed by atoms with Crippen LogP contribution in [0.2, 0.25) is 0 Å². The molecule has 1 saturated carbocycles. The zero-order valence-electron chi connectivity index (χ0n) is 12.8. The second kappa shape index (κ2) is 6.85. The van der Waals surface area contributed by atoms with Crippen LogP contribution >= 0.6 is 11.3 Å². The van der Waals surface area contributed by atoms with Gasteiger partial charge in [0, 0.05) is 23.5 Å². The van der Waals surface area contributed by atoms with Gasteiger partial charge in [0.25, 0.3) is 0 Å². The highest BCUT2D eigenvalue weighted by Crippen LogP contribution is 2.36. The second-order valence-electron chi connectivity index (χ2n) is 6.59. The Morgan fingerprint density at radius 2 is 2.16 bits per heavy atom. The van der Waals surface area contributed by atoms with Crippen LogP contribution in [-0.4, -0.2) is 17.6 Å². The van der Waals surface area contributed by atoms with E-state index in [9.17, 15) is 0 Å². The average Bonchev–Trinajstić information content (AvgIpc) is 2.73. The van der Waals surface area contributed by atoms with Gasteiger partial charge in [-0.15, -0.1) is 11.3 Å². The Morgan fingerprint density at radius 1 is 1.37 bits per heavy atom. The molecule has 0 saturated heterocycles. The van der Waals surface area contributed by atoms with Crippen molar-refractivity contribution in [1.29, 1.82) is 0 Å². The standard InChI is InChI=1S/C16H28N2S/c1-11(2)17-9-14-6-5-12(3)7-15(14)8-16-18-13(4)10-19-16/h10-12,14-15,17H,5-9H2,1-4H3. The van der Waals surface area contributed by atoms with Gasteiger partial charge in [-0.2, -0.15) is 0 Å². The maximum absolute atomic E-state index is 4.66. The molecule has 1 aliphatic carbocycles. The van der Waals surface area contributed by atoms with Crippen LogP contribution in [0.1, 0.15) is 50.7 Å². The van der Waals surface area contributed by atoms with Crippen LogP contribution in [0.3, 0.4) is 0 Å². The number of thiazole rings is 1. The number of hydrogen-bond acceptors (Lipinski definition) is 3. The quantitative estimate of drug-likeness (QED) is 0.880. The largest absolute Gasteiger partial charge is 0.314 e. The van der Waals surface area contributed by atoms with Gasteiger partial charge >= 0.3 is 0 Å². The summed E-state index contributed by atoms with van der Waals surface area (Å²) in [5.41, 5.74) is 1.18. The molecule has 1 fully saturated rings. The van der Waals surface area contributed by atoms with E-state index >= 15 is 0 Å². The van der Waals surface area contributed by atoms with Crippen molar-refractivity contribution in [2.45, 2.75) is 59.4 Å². The molecule has 0 radical (unpaired) electrons. The fraction of sp³-hybridized carbons (Fsp3) is 0.812. The normalized spacial score (nSPS) is 27.9. The van der Waals surface area contributed by atoms with E-state index in [2.05, 4.69) is 43.4 Å². The molecule has 108 valence electrons. The van der Waals surface area contributed by atoms with Gasteiger partial charge < -0.3 is 5.32 Å². The van der Waals surface area contributed by atoms with E-state index in [-0.39, 0.29) is 0 Å². The lowest BCUT2D eigenvalue weighted by Gasteiger charge is -2.35. The first-order valence-corrected chi connectivity index (χ1v) is 8.57. The third-order valence-electron chi connectivity index (χ3n) is 4.29. The van der Waals surface area contributed by atoms with Crippen molar-refractivity contribution in [3.63, 3.8) is 0 Å². The lowest BCUT2D eigenvalue weighted by atomic mass is 9.73. The molecule has 3 unspecified atom stereocenters. The molecule has 19 heavy (non-hydrogen) atoms. The minimum Gasteiger partial charge on any atom is -0.314 e. The molecule has 0 aliphatic heterocycles. The number of nitrogens with one attached hydrogen (secondary N) is 1. The Kier molecular flexibility index (Phi) is 5.40. The molecule has 1 aromatic rings. The number of aromatic nitrogens is 1. The Labute approximate surface area is 122 Å². The maximum Gasteiger partial charge on any atom is 0.0930 e. The fourth-order valence-electron chi connectivity index (χ4n) is 3.19. The Bertz CT molecular complexity index is 386. The zero-order chi connectivity index (χ0) is 13.8. The van der Waals surface area contributed by atoms with Crippen LogP contribution in [0, 0.1) is 24.7 Å². The first-order valence-electron chi connectivity index (χ1n) is 7.69. The minimum atomic E-state index is 0.599. The molecule has 3 heteroatoms. The van der Waals surface area contributed by atoms with Crippen molar-refractivity contribution in [2.75, 3.05) is 6.54 Å². The highest BCUT2D eigenvalue weighted by Gasteiger charge is 2.29. The predicted octanol–water partition coefficient (Wildman–Crippen LogP) is 4.04. The Hall–Kier alpha value is -0.410. The number of rotatable bonds is 5. The second-order valence-corrected chi connectivity index (χ2v) is 7.53. The van der Waals surface area contributed by atoms with Crippen LogP contribution in [-0.2, 0) is 6.42 Å². The molecular weight excluding hydrogens is 252 g/mol. The molecule has 0 spiro atoms. The summed E-state index contributed by atoms with van der Waals surface area (Å²) in [7, 11) is 0. The van der Waals surface area contributed by atoms with E-state index in [0.717, 1.165) is 17.8 Å². The number of aryl methyl sites for hydroxylation is 1. The molecular formula is C16H28N2S. The first-order chi connectivity index (χ1) is 9.04. The van der Waals surface area contributed by atoms with Gasteiger partial charge in [0.15, 0.2) is 0 Å². The molecule has 3 atom stereocenters. The topological polar surface area (TPSA) is 24.9 Å². The molecule has 2 rings (SSSR count). The van der Waals surface area contributed by atoms with Crippen molar-refractivity contribution in [3.8, 4) is 0 Å². The van der Waals surface area contributed by atoms with E-state index in [1.807, 2.05) is 11.3 Å². The summed E-state index contributed by atoms with van der Waals surface area (Å²) < 4.78 is 0. The predicted molar refractivity (Wildman–Crippen MR) is 83.7 cm³/mol. The highest BCUT2D eigenvalue weighted by atomic mass is 32.1. The smallest absolute Gasteiger partial charge is 0.0930 e. The summed E-state index contributed by atoms with van der Waals surface area (Å²) in [4.78, 5) is 4.66. The summed E-state index contributed by atoms with van der Waals surface area (Å²) in [5, 5.41) is 7.16. The average molecular weight is 280 g/mol. The monoisotopic (exact) mass is 280 g/mol. The molecule has 1 aliphatic rings. The van der Waals surface area contributed by atoms with Gasteiger partial charge in [-0.1, -0.05) is 27.2 Å². The summed E-state index contributed by atoms with van der Waals surface area (Å²) in [5.74, 6) is 2.55. The molecule has 1 N–H and O–H groups in total. The van der Waals surface area contributed by atoms with Crippen molar-refractivity contribution >= 4 is 11.3 Å². The van der Waals surface area contributed by atoms with Gasteiger partial charge in [0.2, 0.25) is 0 Å². The van der Waals surface area contributed by atoms with Crippen molar-refractivity contribution < 1.29 is 0 Å². The lowest BCUT2D eigenvalue weighted by molar-refractivity contribution is 0.181. The maximum atomic E-state index is 4.66. The van der Waals surface area contributed by atoms with Crippen molar-refractivity contribution in [3.05, 3.63) is 16.1 Å². The molecule has 0 aromatic carbocycles. The van der Waals surface area contributed by atoms with Crippen LogP contribution in [0.5, 0.6) is 0 Å². The van der Waals surface area contributed by atoms with Crippen LogP contribution in [0.15, 0.2) is 5.38 Å². The number of nitrogens with zero attached hydrogens (tertiary/aromatic N) is 1. The Balaban J connectivity index is 1.95. The van der Waals surface area contributed by atoms with Crippen LogP contribution in [0.4, 0.5) is 0 Å². The summed E-state index contributed by atoms with van der Waals surface area (Å²) in [6, 6.07) is 0.599. The minimum absolute atomic E-state index is 0.599. The first kappa shape index (κ1) is 15.0. The van der Waals surface area contributed by atoms with E-state index in [4.69, 9.17) is 0 Å². The van der Waals surface area contributed by atoms with E-state index < -0.39 is 0 Å². The van der Waals surface area contributed by atoms with Crippen LogP contribution < -0.4 is 5.32 Å². The number of hydrogen-bond donors (Lipinski definition) is 1. The molecule has 1 heterocycles. The zero-order valence-corrected chi connectivity index (χ0v) is 13.6. The van der Waals surface area contributed by atoms with E-state index in [0.29, 0.717) is 6.04 Å². The van der Waals surface area contributed by atoms with E-state index in [1.54, 1.807) is 0 Å². The summed E-state index contributed by atoms with van der Waals surface area (Å²) in [6.07, 6.45) is 5.35. The van der Waals surface area contributed by atoms with Crippen LogP contribution in [0.25, 0.3) is 0 Å². The van der Waals surface area contributed by atoms with Gasteiger partial charge in [-0.05, 0) is 44.1 Å². The molecule has 0 amide bonds. The van der Waals surface area contributed by atoms with Crippen molar-refractivity contribution in [2.24, 2.45) is 17.8 Å². The van der Waals surface area contributed by atoms with Gasteiger partial charge in [0.05, 0.1) is 5.01 Å². The van der Waals surface area contributed by atoms with Gasteiger partial charge in [-0.25, -0.2) is 4.98 Å². The van der Waals surface area contributed by atoms with Gasteiger partial charge in [0.1, 0.15) is 0 Å². The van der Waals surface area contributed by atoms with E-state index in [1.165, 1.54) is 42.9 Å². The SMILES string of the molecule is Cc1csc(CC2CC(C)CCC2CNC(C)C)n1. The fourth-order valence-corrected chi connectivity index (χ4v) is 4.05. The lowest BCUT2D eigenvalue weighted by Crippen LogP contribution is -2.36. The van der Waals surface area contributed by atoms with Crippen molar-refractivity contribution in [1.82, 2.24) is 10.3 Å². The Morgan fingerprint density at radius 3 is 2.79 bits per heavy atom. The third kappa shape index (κ3) is 4.57. The molecule has 0 bridgehead atoms. The molecule has 2 nitrogen and oxygen atoms in total. The molecule has 1 aromatic heterocycles. The highest BCUT2D eigenvalue weighted by molar-refractivity contribution is 7.09. The van der Waals surface area contributed by atoms with Gasteiger partial charge in [-0.3, -0.25) is 0 Å². The summed E-state index contributed by atoms with van der Waals surface area (Å²) >= 11 is 1.84. The third-order valence-corrected chi connectivity index (χ3v) is 5.28.